The first-order valence-electron chi connectivity index (χ1n) is 9.56. The lowest BCUT2D eigenvalue weighted by atomic mass is 9.92. The predicted octanol–water partition coefficient (Wildman–Crippen LogP) is 0.437. The van der Waals surface area contributed by atoms with E-state index in [9.17, 15) is 14.4 Å². The van der Waals surface area contributed by atoms with E-state index in [-0.39, 0.29) is 42.8 Å². The first-order valence-corrected chi connectivity index (χ1v) is 9.56. The van der Waals surface area contributed by atoms with Gasteiger partial charge >= 0.3 is 5.97 Å². The summed E-state index contributed by atoms with van der Waals surface area (Å²) in [5.74, 6) is 0.333. The molecule has 2 N–H and O–H groups in total. The molecule has 0 saturated carbocycles. The largest absolute Gasteiger partial charge is 0.463 e. The summed E-state index contributed by atoms with van der Waals surface area (Å²) in [7, 11) is 0. The first kappa shape index (κ1) is 18.2. The van der Waals surface area contributed by atoms with E-state index in [4.69, 9.17) is 4.74 Å². The van der Waals surface area contributed by atoms with Crippen LogP contribution < -0.4 is 10.6 Å². The Morgan fingerprint density at radius 3 is 2.76 bits per heavy atom. The van der Waals surface area contributed by atoms with Crippen LogP contribution in [0.5, 0.6) is 0 Å². The lowest BCUT2D eigenvalue weighted by Gasteiger charge is -2.33. The number of nitrogens with zero attached hydrogens (tertiary/aromatic N) is 1. The Balaban J connectivity index is 1.42. The maximum Gasteiger partial charge on any atom is 0.308 e. The first-order chi connectivity index (χ1) is 12.1. The maximum atomic E-state index is 12.5. The normalized spacial score (nSPS) is 27.8. The number of cyclic esters (lactones) is 1. The molecular formula is C18H29N3O4. The fraction of sp³-hybridized carbons (Fsp3) is 0.833. The molecule has 140 valence electrons. The molecule has 3 heterocycles. The predicted molar refractivity (Wildman–Crippen MR) is 91.6 cm³/mol. The molecule has 2 amide bonds. The fourth-order valence-electron chi connectivity index (χ4n) is 4.00. The average molecular weight is 351 g/mol. The highest BCUT2D eigenvalue weighted by Gasteiger charge is 2.32. The van der Waals surface area contributed by atoms with Gasteiger partial charge in [-0.3, -0.25) is 14.4 Å². The van der Waals surface area contributed by atoms with E-state index < -0.39 is 0 Å². The molecule has 7 heteroatoms. The molecule has 0 radical (unpaired) electrons. The molecule has 0 aromatic carbocycles. The van der Waals surface area contributed by atoms with Crippen LogP contribution in [0.25, 0.3) is 0 Å². The molecule has 0 aliphatic carbocycles. The number of ether oxygens (including phenoxy) is 1. The minimum Gasteiger partial charge on any atom is -0.463 e. The van der Waals surface area contributed by atoms with Crippen LogP contribution in [-0.2, 0) is 19.1 Å². The number of rotatable bonds is 5. The number of esters is 1. The summed E-state index contributed by atoms with van der Waals surface area (Å²) in [5, 5.41) is 6.24. The van der Waals surface area contributed by atoms with Crippen LogP contribution >= 0.6 is 0 Å². The lowest BCUT2D eigenvalue weighted by Crippen LogP contribution is -2.47. The standard InChI is InChI=1S/C18H29N3O4/c22-16(4-3-13-5-7-19-8-6-13)21-9-1-2-14(11-21)18(24)20-15-10-17(23)25-12-15/h13-15,19H,1-12H2,(H,20,24)/t14-,15+/m1/s1. The lowest BCUT2D eigenvalue weighted by molar-refractivity contribution is -0.138. The molecule has 3 aliphatic rings. The SMILES string of the molecule is O=C1C[C@H](NC(=O)[C@@H]2CCCN(C(=O)CCC3CCNCC3)C2)CO1. The molecule has 3 aliphatic heterocycles. The monoisotopic (exact) mass is 351 g/mol. The Morgan fingerprint density at radius 2 is 2.04 bits per heavy atom. The Bertz CT molecular complexity index is 505. The van der Waals surface area contributed by atoms with E-state index in [0.29, 0.717) is 18.9 Å². The molecule has 0 unspecified atom stereocenters. The molecular weight excluding hydrogens is 322 g/mol. The van der Waals surface area contributed by atoms with Gasteiger partial charge in [0, 0.05) is 19.5 Å². The van der Waals surface area contributed by atoms with Gasteiger partial charge < -0.3 is 20.3 Å². The average Bonchev–Trinajstić information content (AvgIpc) is 3.05. The quantitative estimate of drug-likeness (QED) is 0.702. The molecule has 0 aromatic heterocycles. The summed E-state index contributed by atoms with van der Waals surface area (Å²) in [6.07, 6.45) is 5.75. The zero-order chi connectivity index (χ0) is 17.6. The van der Waals surface area contributed by atoms with Crippen LogP contribution in [0.3, 0.4) is 0 Å². The van der Waals surface area contributed by atoms with Crippen molar-refractivity contribution < 1.29 is 19.1 Å². The van der Waals surface area contributed by atoms with E-state index in [2.05, 4.69) is 10.6 Å². The molecule has 0 aromatic rings. The van der Waals surface area contributed by atoms with E-state index in [1.807, 2.05) is 4.90 Å². The summed E-state index contributed by atoms with van der Waals surface area (Å²) >= 11 is 0. The third-order valence-corrected chi connectivity index (χ3v) is 5.58. The zero-order valence-electron chi connectivity index (χ0n) is 14.8. The van der Waals surface area contributed by atoms with Crippen molar-refractivity contribution in [1.29, 1.82) is 0 Å². The van der Waals surface area contributed by atoms with Crippen LogP contribution in [0, 0.1) is 11.8 Å². The maximum absolute atomic E-state index is 12.5. The van der Waals surface area contributed by atoms with Gasteiger partial charge in [0.1, 0.15) is 6.61 Å². The number of hydrogen-bond acceptors (Lipinski definition) is 5. The molecule has 3 saturated heterocycles. The highest BCUT2D eigenvalue weighted by atomic mass is 16.5. The van der Waals surface area contributed by atoms with Gasteiger partial charge in [0.25, 0.3) is 0 Å². The van der Waals surface area contributed by atoms with E-state index in [0.717, 1.165) is 51.7 Å². The van der Waals surface area contributed by atoms with Crippen LogP contribution in [-0.4, -0.2) is 61.5 Å². The van der Waals surface area contributed by atoms with Gasteiger partial charge in [0.2, 0.25) is 11.8 Å². The van der Waals surface area contributed by atoms with Crippen LogP contribution in [0.1, 0.15) is 44.9 Å². The number of carbonyl (C=O) groups excluding carboxylic acids is 3. The second kappa shape index (κ2) is 8.65. The van der Waals surface area contributed by atoms with Crippen LogP contribution in [0.2, 0.25) is 0 Å². The van der Waals surface area contributed by atoms with Crippen molar-refractivity contribution in [3.63, 3.8) is 0 Å². The summed E-state index contributed by atoms with van der Waals surface area (Å²) in [6.45, 7) is 3.62. The minimum atomic E-state index is -0.260. The van der Waals surface area contributed by atoms with E-state index in [1.54, 1.807) is 0 Å². The smallest absolute Gasteiger partial charge is 0.308 e. The number of likely N-dealkylation sites (tertiary alicyclic amines) is 1. The van der Waals surface area contributed by atoms with Crippen molar-refractivity contribution in [2.75, 3.05) is 32.8 Å². The van der Waals surface area contributed by atoms with Gasteiger partial charge in [-0.15, -0.1) is 0 Å². The number of carbonyl (C=O) groups is 3. The summed E-state index contributed by atoms with van der Waals surface area (Å²) < 4.78 is 4.88. The zero-order valence-corrected chi connectivity index (χ0v) is 14.8. The Kier molecular flexibility index (Phi) is 6.29. The minimum absolute atomic E-state index is 0.0563. The van der Waals surface area contributed by atoms with Crippen molar-refractivity contribution in [2.45, 2.75) is 51.0 Å². The number of amides is 2. The highest BCUT2D eigenvalue weighted by Crippen LogP contribution is 2.22. The van der Waals surface area contributed by atoms with Crippen LogP contribution in [0.4, 0.5) is 0 Å². The van der Waals surface area contributed by atoms with Gasteiger partial charge in [0.05, 0.1) is 18.4 Å². The van der Waals surface area contributed by atoms with Gasteiger partial charge in [0.15, 0.2) is 0 Å². The van der Waals surface area contributed by atoms with E-state index in [1.165, 1.54) is 0 Å². The van der Waals surface area contributed by atoms with Crippen molar-refractivity contribution in [3.05, 3.63) is 0 Å². The van der Waals surface area contributed by atoms with Gasteiger partial charge in [-0.25, -0.2) is 0 Å². The second-order valence-corrected chi connectivity index (χ2v) is 7.50. The van der Waals surface area contributed by atoms with E-state index >= 15 is 0 Å². The van der Waals surface area contributed by atoms with Crippen molar-refractivity contribution >= 4 is 17.8 Å². The highest BCUT2D eigenvalue weighted by molar-refractivity contribution is 5.82. The summed E-state index contributed by atoms with van der Waals surface area (Å²) in [5.41, 5.74) is 0. The molecule has 0 spiro atoms. The van der Waals surface area contributed by atoms with Crippen molar-refractivity contribution in [2.24, 2.45) is 11.8 Å². The topological polar surface area (TPSA) is 87.7 Å². The summed E-state index contributed by atoms with van der Waals surface area (Å²) in [6, 6.07) is -0.217. The molecule has 3 fully saturated rings. The molecule has 25 heavy (non-hydrogen) atoms. The number of nitrogens with one attached hydrogen (secondary N) is 2. The van der Waals surface area contributed by atoms with Crippen molar-refractivity contribution in [1.82, 2.24) is 15.5 Å². The Labute approximate surface area is 148 Å². The second-order valence-electron chi connectivity index (χ2n) is 7.50. The Hall–Kier alpha value is -1.63. The molecule has 2 atom stereocenters. The third-order valence-electron chi connectivity index (χ3n) is 5.58. The van der Waals surface area contributed by atoms with Crippen molar-refractivity contribution in [3.8, 4) is 0 Å². The third kappa shape index (κ3) is 5.17. The molecule has 0 bridgehead atoms. The number of piperidine rings is 2. The fourth-order valence-corrected chi connectivity index (χ4v) is 4.00. The number of hydrogen-bond donors (Lipinski definition) is 2. The van der Waals surface area contributed by atoms with Gasteiger partial charge in [-0.2, -0.15) is 0 Å². The van der Waals surface area contributed by atoms with Gasteiger partial charge in [-0.1, -0.05) is 0 Å². The molecule has 3 rings (SSSR count). The summed E-state index contributed by atoms with van der Waals surface area (Å²) in [4.78, 5) is 37.9. The van der Waals surface area contributed by atoms with Gasteiger partial charge in [-0.05, 0) is 51.1 Å². The molecule has 7 nitrogen and oxygen atoms in total. The Morgan fingerprint density at radius 1 is 1.24 bits per heavy atom. The van der Waals surface area contributed by atoms with Crippen LogP contribution in [0.15, 0.2) is 0 Å².